The minimum atomic E-state index is -1.44. The average molecular weight is 252 g/mol. The number of hydrogen-bond acceptors (Lipinski definition) is 4. The van der Waals surface area contributed by atoms with Gasteiger partial charge in [0.25, 0.3) is 0 Å². The van der Waals surface area contributed by atoms with Crippen LogP contribution in [0.1, 0.15) is 49.5 Å². The van der Waals surface area contributed by atoms with Crippen molar-refractivity contribution < 1.29 is 19.7 Å². The number of aliphatic hydroxyl groups is 1. The predicted octanol–water partition coefficient (Wildman–Crippen LogP) is 2.42. The van der Waals surface area contributed by atoms with E-state index in [0.717, 1.165) is 5.56 Å². The number of aliphatic hydroxyl groups excluding tert-OH is 1. The van der Waals surface area contributed by atoms with Crippen LogP contribution in [0, 0.1) is 6.92 Å². The van der Waals surface area contributed by atoms with Crippen molar-refractivity contribution in [2.45, 2.75) is 39.7 Å². The highest BCUT2D eigenvalue weighted by atomic mass is 16.5. The van der Waals surface area contributed by atoms with Gasteiger partial charge in [0.15, 0.2) is 6.10 Å². The first-order valence-electron chi connectivity index (χ1n) is 6.07. The van der Waals surface area contributed by atoms with Crippen molar-refractivity contribution in [3.8, 4) is 5.75 Å². The number of aromatic hydroxyl groups is 1. The van der Waals surface area contributed by atoms with Crippen LogP contribution in [0.15, 0.2) is 12.1 Å². The van der Waals surface area contributed by atoms with E-state index in [-0.39, 0.29) is 23.8 Å². The first-order chi connectivity index (χ1) is 8.40. The second kappa shape index (κ2) is 5.87. The zero-order chi connectivity index (χ0) is 13.9. The molecule has 0 bridgehead atoms. The summed E-state index contributed by atoms with van der Waals surface area (Å²) in [6.07, 6.45) is -1.44. The van der Waals surface area contributed by atoms with Crippen LogP contribution in [0.2, 0.25) is 0 Å². The summed E-state index contributed by atoms with van der Waals surface area (Å²) in [6, 6.07) is 3.59. The quantitative estimate of drug-likeness (QED) is 0.808. The number of esters is 1. The Balaban J connectivity index is 3.28. The SMILES string of the molecule is CCOC(=O)C(O)c1c(C(C)C)ccc(C)c1O. The normalized spacial score (nSPS) is 12.6. The highest BCUT2D eigenvalue weighted by molar-refractivity contribution is 5.78. The van der Waals surface area contributed by atoms with Crippen LogP contribution in [0.5, 0.6) is 5.75 Å². The van der Waals surface area contributed by atoms with Crippen molar-refractivity contribution in [1.82, 2.24) is 0 Å². The van der Waals surface area contributed by atoms with Crippen molar-refractivity contribution in [3.63, 3.8) is 0 Å². The van der Waals surface area contributed by atoms with E-state index in [4.69, 9.17) is 4.74 Å². The van der Waals surface area contributed by atoms with Crippen LogP contribution in [0.4, 0.5) is 0 Å². The Kier molecular flexibility index (Phi) is 4.73. The topological polar surface area (TPSA) is 66.8 Å². The minimum Gasteiger partial charge on any atom is -0.507 e. The lowest BCUT2D eigenvalue weighted by molar-refractivity contribution is -0.153. The first kappa shape index (κ1) is 14.5. The van der Waals surface area contributed by atoms with Crippen molar-refractivity contribution in [2.75, 3.05) is 6.61 Å². The highest BCUT2D eigenvalue weighted by Crippen LogP contribution is 2.35. The molecule has 18 heavy (non-hydrogen) atoms. The van der Waals surface area contributed by atoms with E-state index >= 15 is 0 Å². The summed E-state index contributed by atoms with van der Waals surface area (Å²) in [5.41, 5.74) is 1.62. The number of benzene rings is 1. The second-order valence-electron chi connectivity index (χ2n) is 4.54. The van der Waals surface area contributed by atoms with Crippen molar-refractivity contribution in [1.29, 1.82) is 0 Å². The van der Waals surface area contributed by atoms with Crippen molar-refractivity contribution in [3.05, 3.63) is 28.8 Å². The van der Waals surface area contributed by atoms with E-state index in [1.165, 1.54) is 0 Å². The van der Waals surface area contributed by atoms with Gasteiger partial charge in [-0.2, -0.15) is 0 Å². The first-order valence-corrected chi connectivity index (χ1v) is 6.07. The Morgan fingerprint density at radius 1 is 1.39 bits per heavy atom. The summed E-state index contributed by atoms with van der Waals surface area (Å²) < 4.78 is 4.79. The molecule has 0 aliphatic carbocycles. The minimum absolute atomic E-state index is 0.0400. The van der Waals surface area contributed by atoms with Gasteiger partial charge >= 0.3 is 5.97 Å². The van der Waals surface area contributed by atoms with E-state index in [9.17, 15) is 15.0 Å². The molecule has 4 nitrogen and oxygen atoms in total. The van der Waals surface area contributed by atoms with Gasteiger partial charge in [-0.05, 0) is 30.9 Å². The summed E-state index contributed by atoms with van der Waals surface area (Å²) in [7, 11) is 0. The van der Waals surface area contributed by atoms with Gasteiger partial charge in [0.2, 0.25) is 0 Å². The number of ether oxygens (including phenoxy) is 1. The molecule has 0 radical (unpaired) electrons. The fraction of sp³-hybridized carbons (Fsp3) is 0.500. The fourth-order valence-electron chi connectivity index (χ4n) is 1.86. The molecule has 4 heteroatoms. The van der Waals surface area contributed by atoms with Crippen LogP contribution in [0.25, 0.3) is 0 Å². The molecule has 0 amide bonds. The molecule has 2 N–H and O–H groups in total. The van der Waals surface area contributed by atoms with Crippen LogP contribution in [0.3, 0.4) is 0 Å². The Bertz CT molecular complexity index is 438. The molecule has 0 heterocycles. The van der Waals surface area contributed by atoms with E-state index < -0.39 is 12.1 Å². The Morgan fingerprint density at radius 3 is 2.50 bits per heavy atom. The molecular weight excluding hydrogens is 232 g/mol. The number of carbonyl (C=O) groups excluding carboxylic acids is 1. The third-order valence-electron chi connectivity index (χ3n) is 2.86. The molecule has 1 aromatic carbocycles. The number of carbonyl (C=O) groups is 1. The Labute approximate surface area is 107 Å². The summed E-state index contributed by atoms with van der Waals surface area (Å²) in [4.78, 5) is 11.6. The number of hydrogen-bond donors (Lipinski definition) is 2. The number of phenols is 1. The summed E-state index contributed by atoms with van der Waals surface area (Å²) in [6.45, 7) is 7.46. The van der Waals surface area contributed by atoms with Crippen LogP contribution >= 0.6 is 0 Å². The van der Waals surface area contributed by atoms with Gasteiger partial charge in [-0.25, -0.2) is 4.79 Å². The monoisotopic (exact) mass is 252 g/mol. The molecule has 100 valence electrons. The molecular formula is C14H20O4. The van der Waals surface area contributed by atoms with Gasteiger partial charge in [-0.3, -0.25) is 0 Å². The number of rotatable bonds is 4. The number of phenolic OH excluding ortho intramolecular Hbond substituents is 1. The summed E-state index contributed by atoms with van der Waals surface area (Å²) >= 11 is 0. The summed E-state index contributed by atoms with van der Waals surface area (Å²) in [5.74, 6) is -0.683. The van der Waals surface area contributed by atoms with Crippen molar-refractivity contribution >= 4 is 5.97 Å². The molecule has 0 saturated heterocycles. The molecule has 1 unspecified atom stereocenters. The molecule has 0 spiro atoms. The van der Waals surface area contributed by atoms with E-state index in [1.807, 2.05) is 19.9 Å². The third-order valence-corrected chi connectivity index (χ3v) is 2.86. The lowest BCUT2D eigenvalue weighted by Gasteiger charge is -2.19. The number of aryl methyl sites for hydroxylation is 1. The van der Waals surface area contributed by atoms with Gasteiger partial charge < -0.3 is 14.9 Å². The maximum atomic E-state index is 11.6. The molecule has 0 saturated carbocycles. The fourth-order valence-corrected chi connectivity index (χ4v) is 1.86. The Morgan fingerprint density at radius 2 is 2.00 bits per heavy atom. The molecule has 1 atom stereocenters. The van der Waals surface area contributed by atoms with E-state index in [0.29, 0.717) is 5.56 Å². The van der Waals surface area contributed by atoms with E-state index in [2.05, 4.69) is 0 Å². The molecule has 0 aliphatic heterocycles. The lowest BCUT2D eigenvalue weighted by Crippen LogP contribution is -2.17. The molecule has 1 rings (SSSR count). The smallest absolute Gasteiger partial charge is 0.339 e. The van der Waals surface area contributed by atoms with Gasteiger partial charge in [0.1, 0.15) is 5.75 Å². The van der Waals surface area contributed by atoms with E-state index in [1.54, 1.807) is 19.9 Å². The Hall–Kier alpha value is -1.55. The molecule has 1 aromatic rings. The zero-order valence-electron chi connectivity index (χ0n) is 11.2. The van der Waals surface area contributed by atoms with Crippen molar-refractivity contribution in [2.24, 2.45) is 0 Å². The van der Waals surface area contributed by atoms with Gasteiger partial charge in [0.05, 0.1) is 6.61 Å². The second-order valence-corrected chi connectivity index (χ2v) is 4.54. The predicted molar refractivity (Wildman–Crippen MR) is 68.5 cm³/mol. The average Bonchev–Trinajstić information content (AvgIpc) is 2.31. The third kappa shape index (κ3) is 2.82. The van der Waals surface area contributed by atoms with Crippen LogP contribution in [-0.4, -0.2) is 22.8 Å². The summed E-state index contributed by atoms with van der Waals surface area (Å²) in [5, 5.41) is 20.1. The zero-order valence-corrected chi connectivity index (χ0v) is 11.2. The van der Waals surface area contributed by atoms with Gasteiger partial charge in [-0.15, -0.1) is 0 Å². The lowest BCUT2D eigenvalue weighted by atomic mass is 9.91. The van der Waals surface area contributed by atoms with Gasteiger partial charge in [0, 0.05) is 5.56 Å². The molecule has 0 fully saturated rings. The van der Waals surface area contributed by atoms with Gasteiger partial charge in [-0.1, -0.05) is 26.0 Å². The maximum Gasteiger partial charge on any atom is 0.339 e. The maximum absolute atomic E-state index is 11.6. The largest absolute Gasteiger partial charge is 0.507 e. The standard InChI is InChI=1S/C14H20O4/c1-5-18-14(17)13(16)11-10(8(2)3)7-6-9(4)12(11)15/h6-8,13,15-16H,5H2,1-4H3. The molecule has 0 aromatic heterocycles. The highest BCUT2D eigenvalue weighted by Gasteiger charge is 2.26. The van der Waals surface area contributed by atoms with Crippen LogP contribution < -0.4 is 0 Å². The van der Waals surface area contributed by atoms with Crippen LogP contribution in [-0.2, 0) is 9.53 Å². The molecule has 0 aliphatic rings.